The molecular formula is C17H19N7O. The number of anilines is 1. The van der Waals surface area contributed by atoms with Gasteiger partial charge < -0.3 is 10.6 Å². The van der Waals surface area contributed by atoms with Gasteiger partial charge in [-0.3, -0.25) is 4.79 Å². The molecule has 1 amide bonds. The van der Waals surface area contributed by atoms with Gasteiger partial charge in [-0.25, -0.2) is 19.5 Å². The first-order valence-corrected chi connectivity index (χ1v) is 8.35. The zero-order valence-corrected chi connectivity index (χ0v) is 13.9. The number of fused-ring (bicyclic) bond motifs is 1. The van der Waals surface area contributed by atoms with E-state index in [1.807, 2.05) is 24.4 Å². The first-order chi connectivity index (χ1) is 12.2. The molecule has 8 nitrogen and oxygen atoms in total. The fourth-order valence-corrected chi connectivity index (χ4v) is 3.24. The predicted octanol–water partition coefficient (Wildman–Crippen LogP) is 1.66. The molecule has 3 heterocycles. The zero-order chi connectivity index (χ0) is 17.2. The Kier molecular flexibility index (Phi) is 4.01. The molecule has 25 heavy (non-hydrogen) atoms. The maximum atomic E-state index is 11.2. The molecule has 0 aliphatic heterocycles. The van der Waals surface area contributed by atoms with Crippen molar-refractivity contribution in [2.24, 2.45) is 0 Å². The number of nitrogens with one attached hydrogen (secondary N) is 2. The monoisotopic (exact) mass is 337 g/mol. The third-order valence-corrected chi connectivity index (χ3v) is 4.35. The molecule has 1 aliphatic rings. The van der Waals surface area contributed by atoms with Crippen molar-refractivity contribution in [2.75, 3.05) is 5.32 Å². The van der Waals surface area contributed by atoms with Crippen LogP contribution >= 0.6 is 0 Å². The molecule has 0 aromatic carbocycles. The summed E-state index contributed by atoms with van der Waals surface area (Å²) >= 11 is 0. The fourth-order valence-electron chi connectivity index (χ4n) is 3.24. The highest BCUT2D eigenvalue weighted by atomic mass is 16.1. The normalized spacial score (nSPS) is 19.9. The maximum absolute atomic E-state index is 11.2. The Hall–Kier alpha value is -3.03. The average molecular weight is 337 g/mol. The van der Waals surface area contributed by atoms with Gasteiger partial charge in [0.2, 0.25) is 11.9 Å². The second-order valence-corrected chi connectivity index (χ2v) is 6.26. The molecule has 1 saturated carbocycles. The van der Waals surface area contributed by atoms with Gasteiger partial charge in [-0.2, -0.15) is 5.10 Å². The molecule has 3 aromatic heterocycles. The molecule has 3 aromatic rings. The summed E-state index contributed by atoms with van der Waals surface area (Å²) in [4.78, 5) is 24.6. The van der Waals surface area contributed by atoms with Gasteiger partial charge in [0.1, 0.15) is 0 Å². The molecule has 0 spiro atoms. The summed E-state index contributed by atoms with van der Waals surface area (Å²) in [5.74, 6) is 0.603. The van der Waals surface area contributed by atoms with Crippen LogP contribution in [0.25, 0.3) is 17.0 Å². The van der Waals surface area contributed by atoms with Crippen molar-refractivity contribution in [1.29, 1.82) is 0 Å². The fraction of sp³-hybridized carbons (Fsp3) is 0.353. The zero-order valence-electron chi connectivity index (χ0n) is 13.9. The minimum absolute atomic E-state index is 0.0187. The molecule has 4 rings (SSSR count). The SMILES string of the molecule is CC(=O)NC1CC[C@H](Nc2nccc(-c3ccn4nccc4n3)n2)C1. The minimum Gasteiger partial charge on any atom is -0.354 e. The van der Waals surface area contributed by atoms with Crippen molar-refractivity contribution in [3.8, 4) is 11.4 Å². The van der Waals surface area contributed by atoms with E-state index >= 15 is 0 Å². The second kappa shape index (κ2) is 6.46. The predicted molar refractivity (Wildman–Crippen MR) is 92.9 cm³/mol. The first kappa shape index (κ1) is 15.5. The lowest BCUT2D eigenvalue weighted by Gasteiger charge is -2.14. The number of hydrogen-bond acceptors (Lipinski definition) is 6. The maximum Gasteiger partial charge on any atom is 0.223 e. The Bertz CT molecular complexity index is 907. The molecule has 0 radical (unpaired) electrons. The number of carbonyl (C=O) groups excluding carboxylic acids is 1. The first-order valence-electron chi connectivity index (χ1n) is 8.35. The van der Waals surface area contributed by atoms with Crippen LogP contribution in [0.1, 0.15) is 26.2 Å². The summed E-state index contributed by atoms with van der Waals surface area (Å²) in [6.07, 6.45) is 8.14. The summed E-state index contributed by atoms with van der Waals surface area (Å²) < 4.78 is 1.71. The van der Waals surface area contributed by atoms with Crippen LogP contribution in [0, 0.1) is 0 Å². The Balaban J connectivity index is 1.49. The second-order valence-electron chi connectivity index (χ2n) is 6.26. The van der Waals surface area contributed by atoms with Crippen LogP contribution in [-0.2, 0) is 4.79 Å². The van der Waals surface area contributed by atoms with E-state index in [0.717, 1.165) is 36.3 Å². The van der Waals surface area contributed by atoms with Gasteiger partial charge in [-0.05, 0) is 31.4 Å². The number of rotatable bonds is 4. The lowest BCUT2D eigenvalue weighted by molar-refractivity contribution is -0.119. The Morgan fingerprint density at radius 1 is 1.12 bits per heavy atom. The standard InChI is InChI=1S/C17H19N7O/c1-11(25)20-12-2-3-13(10-12)21-17-18-7-4-14(23-17)15-6-9-24-16(22-15)5-8-19-24/h4-9,12-13H,2-3,10H2,1H3,(H,20,25)(H,18,21,23)/t12?,13-/m0/s1. The number of amides is 1. The molecular weight excluding hydrogens is 318 g/mol. The molecule has 2 atom stereocenters. The quantitative estimate of drug-likeness (QED) is 0.751. The molecule has 1 fully saturated rings. The topological polar surface area (TPSA) is 97.1 Å². The van der Waals surface area contributed by atoms with E-state index in [1.54, 1.807) is 23.8 Å². The van der Waals surface area contributed by atoms with Crippen LogP contribution in [-0.4, -0.2) is 42.6 Å². The van der Waals surface area contributed by atoms with Crippen molar-refractivity contribution in [1.82, 2.24) is 29.9 Å². The van der Waals surface area contributed by atoms with Crippen LogP contribution in [0.15, 0.2) is 36.8 Å². The van der Waals surface area contributed by atoms with Gasteiger partial charge in [0, 0.05) is 37.5 Å². The Labute approximate surface area is 144 Å². The molecule has 2 N–H and O–H groups in total. The van der Waals surface area contributed by atoms with Crippen LogP contribution < -0.4 is 10.6 Å². The van der Waals surface area contributed by atoms with E-state index in [4.69, 9.17) is 0 Å². The van der Waals surface area contributed by atoms with E-state index in [-0.39, 0.29) is 18.0 Å². The van der Waals surface area contributed by atoms with Crippen molar-refractivity contribution in [3.05, 3.63) is 36.8 Å². The highest BCUT2D eigenvalue weighted by Gasteiger charge is 2.25. The van der Waals surface area contributed by atoms with Crippen LogP contribution in [0.5, 0.6) is 0 Å². The van der Waals surface area contributed by atoms with E-state index in [2.05, 4.69) is 30.7 Å². The van der Waals surface area contributed by atoms with Crippen molar-refractivity contribution in [2.45, 2.75) is 38.3 Å². The number of carbonyl (C=O) groups is 1. The summed E-state index contributed by atoms with van der Waals surface area (Å²) in [7, 11) is 0. The molecule has 8 heteroatoms. The van der Waals surface area contributed by atoms with E-state index in [9.17, 15) is 4.79 Å². The Morgan fingerprint density at radius 2 is 1.96 bits per heavy atom. The largest absolute Gasteiger partial charge is 0.354 e. The molecule has 0 bridgehead atoms. The highest BCUT2D eigenvalue weighted by Crippen LogP contribution is 2.23. The lowest BCUT2D eigenvalue weighted by Crippen LogP contribution is -2.32. The molecule has 1 aliphatic carbocycles. The molecule has 1 unspecified atom stereocenters. The van der Waals surface area contributed by atoms with E-state index in [0.29, 0.717) is 5.95 Å². The van der Waals surface area contributed by atoms with Crippen molar-refractivity contribution < 1.29 is 4.79 Å². The van der Waals surface area contributed by atoms with Crippen LogP contribution in [0.4, 0.5) is 5.95 Å². The molecule has 128 valence electrons. The third-order valence-electron chi connectivity index (χ3n) is 4.35. The summed E-state index contributed by atoms with van der Waals surface area (Å²) in [5, 5.41) is 10.5. The van der Waals surface area contributed by atoms with Gasteiger partial charge in [0.05, 0.1) is 17.6 Å². The summed E-state index contributed by atoms with van der Waals surface area (Å²) in [6, 6.07) is 6.07. The minimum atomic E-state index is 0.0187. The average Bonchev–Trinajstić information content (AvgIpc) is 3.23. The summed E-state index contributed by atoms with van der Waals surface area (Å²) in [6.45, 7) is 1.55. The lowest BCUT2D eigenvalue weighted by atomic mass is 10.2. The van der Waals surface area contributed by atoms with Crippen LogP contribution in [0.3, 0.4) is 0 Å². The summed E-state index contributed by atoms with van der Waals surface area (Å²) in [5.41, 5.74) is 2.32. The van der Waals surface area contributed by atoms with E-state index in [1.165, 1.54) is 0 Å². The van der Waals surface area contributed by atoms with Crippen molar-refractivity contribution in [3.63, 3.8) is 0 Å². The van der Waals surface area contributed by atoms with E-state index < -0.39 is 0 Å². The smallest absolute Gasteiger partial charge is 0.223 e. The molecule has 0 saturated heterocycles. The number of aromatic nitrogens is 5. The Morgan fingerprint density at radius 3 is 2.84 bits per heavy atom. The van der Waals surface area contributed by atoms with Crippen molar-refractivity contribution >= 4 is 17.5 Å². The van der Waals surface area contributed by atoms with Gasteiger partial charge in [0.25, 0.3) is 0 Å². The third kappa shape index (κ3) is 3.42. The number of hydrogen-bond donors (Lipinski definition) is 2. The number of nitrogens with zero attached hydrogens (tertiary/aromatic N) is 5. The van der Waals surface area contributed by atoms with Gasteiger partial charge in [-0.15, -0.1) is 0 Å². The van der Waals surface area contributed by atoms with Gasteiger partial charge in [0.15, 0.2) is 5.65 Å². The van der Waals surface area contributed by atoms with Gasteiger partial charge >= 0.3 is 0 Å². The van der Waals surface area contributed by atoms with Gasteiger partial charge in [-0.1, -0.05) is 0 Å². The highest BCUT2D eigenvalue weighted by molar-refractivity contribution is 5.73. The van der Waals surface area contributed by atoms with Crippen LogP contribution in [0.2, 0.25) is 0 Å².